The number of halogens is 1. The summed E-state index contributed by atoms with van der Waals surface area (Å²) >= 11 is 7.26. The first-order valence-electron chi connectivity index (χ1n) is 6.63. The molecule has 0 radical (unpaired) electrons. The van der Waals surface area contributed by atoms with Crippen LogP contribution in [-0.4, -0.2) is 35.8 Å². The zero-order chi connectivity index (χ0) is 14.5. The molecule has 0 aliphatic carbocycles. The van der Waals surface area contributed by atoms with Crippen LogP contribution in [0.25, 0.3) is 6.08 Å². The minimum Gasteiger partial charge on any atom is -0.353 e. The van der Waals surface area contributed by atoms with E-state index in [0.717, 1.165) is 11.3 Å². The molecule has 1 fully saturated rings. The maximum atomic E-state index is 12.2. The fourth-order valence-corrected chi connectivity index (χ4v) is 3.17. The Kier molecular flexibility index (Phi) is 5.20. The van der Waals surface area contributed by atoms with Gasteiger partial charge >= 0.3 is 0 Å². The minimum absolute atomic E-state index is 0.0565. The van der Waals surface area contributed by atoms with Crippen molar-refractivity contribution in [2.75, 3.05) is 13.1 Å². The van der Waals surface area contributed by atoms with Crippen molar-refractivity contribution in [3.05, 3.63) is 27.4 Å². The molecule has 0 bridgehead atoms. The number of carbonyl (C=O) groups is 2. The number of carbonyl (C=O) groups excluding carboxylic acids is 2. The van der Waals surface area contributed by atoms with Crippen LogP contribution in [0.4, 0.5) is 0 Å². The lowest BCUT2D eigenvalue weighted by Gasteiger charge is -2.34. The van der Waals surface area contributed by atoms with Crippen molar-refractivity contribution in [1.82, 2.24) is 10.2 Å². The van der Waals surface area contributed by atoms with Gasteiger partial charge in [0.15, 0.2) is 0 Å². The Bertz CT molecular complexity index is 527. The summed E-state index contributed by atoms with van der Waals surface area (Å²) in [5, 5.41) is 2.81. The Labute approximate surface area is 127 Å². The first-order valence-corrected chi connectivity index (χ1v) is 7.83. The first-order chi connectivity index (χ1) is 9.61. The van der Waals surface area contributed by atoms with Crippen LogP contribution in [0.3, 0.4) is 0 Å². The van der Waals surface area contributed by atoms with Crippen molar-refractivity contribution in [3.8, 4) is 0 Å². The Morgan fingerprint density at radius 2 is 2.40 bits per heavy atom. The van der Waals surface area contributed by atoms with Gasteiger partial charge in [-0.2, -0.15) is 0 Å². The van der Waals surface area contributed by atoms with Gasteiger partial charge in [0, 0.05) is 24.0 Å². The summed E-state index contributed by atoms with van der Waals surface area (Å²) in [6, 6.07) is 3.31. The van der Waals surface area contributed by atoms with Gasteiger partial charge in [-0.25, -0.2) is 0 Å². The fourth-order valence-electron chi connectivity index (χ4n) is 2.21. The molecule has 2 amide bonds. The van der Waals surface area contributed by atoms with E-state index in [2.05, 4.69) is 5.32 Å². The molecule has 1 aliphatic rings. The number of piperazine rings is 1. The molecular formula is C14H17ClN2O2S. The Hall–Kier alpha value is -1.33. The number of rotatable bonds is 4. The standard InChI is InChI=1S/C14H17ClN2O2S/c1-2-3-11-14(19)16-8-9-17(11)13(18)7-5-10-4-6-12(15)20-10/h4-7,11H,2-3,8-9H2,1H3,(H,16,19)/t11-/m0/s1. The van der Waals surface area contributed by atoms with Gasteiger partial charge in [0.25, 0.3) is 0 Å². The number of nitrogens with one attached hydrogen (secondary N) is 1. The molecule has 6 heteroatoms. The first kappa shape index (κ1) is 15.1. The second kappa shape index (κ2) is 6.90. The van der Waals surface area contributed by atoms with Crippen molar-refractivity contribution in [1.29, 1.82) is 0 Å². The Morgan fingerprint density at radius 1 is 1.60 bits per heavy atom. The molecule has 1 aliphatic heterocycles. The number of amides is 2. The Balaban J connectivity index is 2.06. The number of hydrogen-bond acceptors (Lipinski definition) is 3. The third kappa shape index (κ3) is 3.61. The van der Waals surface area contributed by atoms with Crippen molar-refractivity contribution >= 4 is 40.8 Å². The van der Waals surface area contributed by atoms with E-state index in [-0.39, 0.29) is 17.9 Å². The lowest BCUT2D eigenvalue weighted by molar-refractivity contribution is -0.140. The lowest BCUT2D eigenvalue weighted by Crippen LogP contribution is -2.56. The molecule has 1 aromatic heterocycles. The highest BCUT2D eigenvalue weighted by atomic mass is 35.5. The van der Waals surface area contributed by atoms with Gasteiger partial charge in [0.2, 0.25) is 11.8 Å². The zero-order valence-electron chi connectivity index (χ0n) is 11.3. The minimum atomic E-state index is -0.349. The molecule has 0 spiro atoms. The van der Waals surface area contributed by atoms with Gasteiger partial charge in [-0.3, -0.25) is 9.59 Å². The van der Waals surface area contributed by atoms with Gasteiger partial charge in [0.05, 0.1) is 4.34 Å². The van der Waals surface area contributed by atoms with Crippen molar-refractivity contribution < 1.29 is 9.59 Å². The predicted molar refractivity (Wildman–Crippen MR) is 81.8 cm³/mol. The average Bonchev–Trinajstić information content (AvgIpc) is 2.84. The van der Waals surface area contributed by atoms with E-state index in [4.69, 9.17) is 11.6 Å². The quantitative estimate of drug-likeness (QED) is 0.869. The molecule has 108 valence electrons. The number of hydrogen-bond donors (Lipinski definition) is 1. The van der Waals surface area contributed by atoms with Gasteiger partial charge < -0.3 is 10.2 Å². The molecule has 4 nitrogen and oxygen atoms in total. The molecule has 20 heavy (non-hydrogen) atoms. The van der Waals surface area contributed by atoms with Gasteiger partial charge in [-0.05, 0) is 24.6 Å². The molecule has 0 saturated carbocycles. The molecule has 0 aromatic carbocycles. The molecule has 1 atom stereocenters. The zero-order valence-corrected chi connectivity index (χ0v) is 12.8. The summed E-state index contributed by atoms with van der Waals surface area (Å²) < 4.78 is 0.693. The highest BCUT2D eigenvalue weighted by Gasteiger charge is 2.30. The summed E-state index contributed by atoms with van der Waals surface area (Å²) in [6.07, 6.45) is 4.82. The van der Waals surface area contributed by atoms with E-state index < -0.39 is 0 Å². The predicted octanol–water partition coefficient (Wildman–Crippen LogP) is 2.54. The van der Waals surface area contributed by atoms with Crippen LogP contribution in [0.1, 0.15) is 24.6 Å². The average molecular weight is 313 g/mol. The second-order valence-electron chi connectivity index (χ2n) is 4.60. The van der Waals surface area contributed by atoms with E-state index in [9.17, 15) is 9.59 Å². The summed E-state index contributed by atoms with van der Waals surface area (Å²) in [5.74, 6) is -0.179. The van der Waals surface area contributed by atoms with Crippen LogP contribution < -0.4 is 5.32 Å². The van der Waals surface area contributed by atoms with Crippen LogP contribution in [0.15, 0.2) is 18.2 Å². The Morgan fingerprint density at radius 3 is 3.05 bits per heavy atom. The summed E-state index contributed by atoms with van der Waals surface area (Å²) in [5.41, 5.74) is 0. The third-order valence-electron chi connectivity index (χ3n) is 3.16. The van der Waals surface area contributed by atoms with E-state index in [1.54, 1.807) is 17.0 Å². The van der Waals surface area contributed by atoms with Gasteiger partial charge in [-0.15, -0.1) is 11.3 Å². The van der Waals surface area contributed by atoms with E-state index in [1.807, 2.05) is 13.0 Å². The maximum Gasteiger partial charge on any atom is 0.247 e. The lowest BCUT2D eigenvalue weighted by atomic mass is 10.1. The molecule has 0 unspecified atom stereocenters. The summed E-state index contributed by atoms with van der Waals surface area (Å²) in [7, 11) is 0. The van der Waals surface area contributed by atoms with E-state index in [1.165, 1.54) is 17.4 Å². The summed E-state index contributed by atoms with van der Waals surface area (Å²) in [4.78, 5) is 26.6. The molecular weight excluding hydrogens is 296 g/mol. The molecule has 1 N–H and O–H groups in total. The van der Waals surface area contributed by atoms with Crippen LogP contribution in [0, 0.1) is 0 Å². The number of nitrogens with zero attached hydrogens (tertiary/aromatic N) is 1. The monoisotopic (exact) mass is 312 g/mol. The van der Waals surface area contributed by atoms with Crippen molar-refractivity contribution in [3.63, 3.8) is 0 Å². The second-order valence-corrected chi connectivity index (χ2v) is 6.35. The third-order valence-corrected chi connectivity index (χ3v) is 4.36. The van der Waals surface area contributed by atoms with Crippen LogP contribution >= 0.6 is 22.9 Å². The smallest absolute Gasteiger partial charge is 0.247 e. The fraction of sp³-hybridized carbons (Fsp3) is 0.429. The van der Waals surface area contributed by atoms with Gasteiger partial charge in [-0.1, -0.05) is 24.9 Å². The SMILES string of the molecule is CCC[C@H]1C(=O)NCCN1C(=O)C=Cc1ccc(Cl)s1. The molecule has 2 rings (SSSR count). The van der Waals surface area contributed by atoms with Crippen molar-refractivity contribution in [2.24, 2.45) is 0 Å². The topological polar surface area (TPSA) is 49.4 Å². The largest absolute Gasteiger partial charge is 0.353 e. The maximum absolute atomic E-state index is 12.2. The van der Waals surface area contributed by atoms with Crippen LogP contribution in [0.5, 0.6) is 0 Å². The highest BCUT2D eigenvalue weighted by molar-refractivity contribution is 7.17. The van der Waals surface area contributed by atoms with Gasteiger partial charge in [0.1, 0.15) is 6.04 Å². The van der Waals surface area contributed by atoms with Crippen LogP contribution in [-0.2, 0) is 9.59 Å². The highest BCUT2D eigenvalue weighted by Crippen LogP contribution is 2.22. The molecule has 1 saturated heterocycles. The normalized spacial score (nSPS) is 19.4. The van der Waals surface area contributed by atoms with E-state index >= 15 is 0 Å². The molecule has 1 aromatic rings. The number of thiophene rings is 1. The molecule has 2 heterocycles. The van der Waals surface area contributed by atoms with Crippen molar-refractivity contribution in [2.45, 2.75) is 25.8 Å². The summed E-state index contributed by atoms with van der Waals surface area (Å²) in [6.45, 7) is 3.09. The van der Waals surface area contributed by atoms with Crippen LogP contribution in [0.2, 0.25) is 4.34 Å². The van der Waals surface area contributed by atoms with E-state index in [0.29, 0.717) is 23.8 Å².